The zero-order valence-electron chi connectivity index (χ0n) is 9.85. The maximum atomic E-state index is 11.2. The molecule has 92 valence electrons. The summed E-state index contributed by atoms with van der Waals surface area (Å²) in [6, 6.07) is 0.151. The molecule has 0 saturated carbocycles. The maximum Gasteiger partial charge on any atom is 0.242 e. The van der Waals surface area contributed by atoms with Crippen molar-refractivity contribution in [2.24, 2.45) is 10.7 Å². The number of dihydropyridines is 1. The second kappa shape index (κ2) is 4.14. The fourth-order valence-electron chi connectivity index (χ4n) is 2.89. The summed E-state index contributed by atoms with van der Waals surface area (Å²) in [5, 5.41) is 3.45. The minimum absolute atomic E-state index is 0.316. The summed E-state index contributed by atoms with van der Waals surface area (Å²) in [7, 11) is 0. The van der Waals surface area contributed by atoms with Crippen LogP contribution in [0.25, 0.3) is 0 Å². The first kappa shape index (κ1) is 10.8. The number of rotatable bonds is 1. The standard InChI is InChI=1S/C12H18N4O/c13-11(17)10-3-2-8-6-9-7-14-4-1-5-16(9)12(8)15-10/h2,9-10,14H,1,3-7H2,(H2,13,17). The number of nitrogens with zero attached hydrogens (tertiary/aromatic N) is 2. The molecular formula is C12H18N4O. The first-order valence-corrected chi connectivity index (χ1v) is 6.29. The quantitative estimate of drug-likeness (QED) is 0.650. The molecule has 0 aromatic heterocycles. The number of carbonyl (C=O) groups excluding carboxylic acids is 1. The molecular weight excluding hydrogens is 216 g/mol. The fraction of sp³-hybridized carbons (Fsp3) is 0.667. The molecule has 3 rings (SSSR count). The summed E-state index contributed by atoms with van der Waals surface area (Å²) in [5.74, 6) is 0.706. The van der Waals surface area contributed by atoms with E-state index < -0.39 is 0 Å². The molecule has 2 unspecified atom stereocenters. The predicted octanol–water partition coefficient (Wildman–Crippen LogP) is -0.363. The van der Waals surface area contributed by atoms with E-state index in [9.17, 15) is 4.79 Å². The van der Waals surface area contributed by atoms with Crippen molar-refractivity contribution in [3.8, 4) is 0 Å². The molecule has 0 aliphatic carbocycles. The van der Waals surface area contributed by atoms with Gasteiger partial charge in [0.1, 0.15) is 11.9 Å². The van der Waals surface area contributed by atoms with Gasteiger partial charge in [-0.3, -0.25) is 9.79 Å². The Labute approximate surface area is 101 Å². The van der Waals surface area contributed by atoms with Gasteiger partial charge in [-0.25, -0.2) is 0 Å². The van der Waals surface area contributed by atoms with E-state index in [2.05, 4.69) is 21.3 Å². The second-order valence-electron chi connectivity index (χ2n) is 4.94. The largest absolute Gasteiger partial charge is 0.368 e. The highest BCUT2D eigenvalue weighted by Gasteiger charge is 2.36. The molecule has 17 heavy (non-hydrogen) atoms. The van der Waals surface area contributed by atoms with Crippen LogP contribution in [0, 0.1) is 0 Å². The van der Waals surface area contributed by atoms with Crippen molar-refractivity contribution >= 4 is 11.7 Å². The summed E-state index contributed by atoms with van der Waals surface area (Å²) >= 11 is 0. The highest BCUT2D eigenvalue weighted by Crippen LogP contribution is 2.30. The normalized spacial score (nSPS) is 32.1. The van der Waals surface area contributed by atoms with Gasteiger partial charge in [0.05, 0.1) is 0 Å². The minimum atomic E-state index is -0.358. The van der Waals surface area contributed by atoms with Crippen LogP contribution < -0.4 is 11.1 Å². The van der Waals surface area contributed by atoms with E-state index in [4.69, 9.17) is 5.73 Å². The van der Waals surface area contributed by atoms with Gasteiger partial charge in [0, 0.05) is 19.1 Å². The second-order valence-corrected chi connectivity index (χ2v) is 4.94. The number of carbonyl (C=O) groups is 1. The van der Waals surface area contributed by atoms with Crippen LogP contribution in [0.4, 0.5) is 0 Å². The lowest BCUT2D eigenvalue weighted by molar-refractivity contribution is -0.119. The number of amides is 1. The van der Waals surface area contributed by atoms with Crippen molar-refractivity contribution in [1.29, 1.82) is 0 Å². The summed E-state index contributed by atoms with van der Waals surface area (Å²) in [5.41, 5.74) is 6.64. The zero-order chi connectivity index (χ0) is 11.8. The molecule has 2 saturated heterocycles. The Hall–Kier alpha value is -1.36. The van der Waals surface area contributed by atoms with E-state index in [-0.39, 0.29) is 11.9 Å². The molecule has 3 aliphatic rings. The molecule has 3 N–H and O–H groups in total. The van der Waals surface area contributed by atoms with Crippen LogP contribution >= 0.6 is 0 Å². The fourth-order valence-corrected chi connectivity index (χ4v) is 2.89. The first-order chi connectivity index (χ1) is 8.25. The van der Waals surface area contributed by atoms with Gasteiger partial charge in [-0.05, 0) is 31.4 Å². The summed E-state index contributed by atoms with van der Waals surface area (Å²) < 4.78 is 0. The number of hydrogen-bond donors (Lipinski definition) is 2. The van der Waals surface area contributed by atoms with Gasteiger partial charge in [0.25, 0.3) is 0 Å². The van der Waals surface area contributed by atoms with Crippen molar-refractivity contribution in [3.05, 3.63) is 11.6 Å². The van der Waals surface area contributed by atoms with E-state index in [1.165, 1.54) is 5.57 Å². The van der Waals surface area contributed by atoms with Gasteiger partial charge in [-0.1, -0.05) is 6.08 Å². The van der Waals surface area contributed by atoms with E-state index in [1.54, 1.807) is 0 Å². The van der Waals surface area contributed by atoms with Crippen molar-refractivity contribution in [2.45, 2.75) is 31.3 Å². The molecule has 0 spiro atoms. The van der Waals surface area contributed by atoms with Crippen LogP contribution in [0.2, 0.25) is 0 Å². The lowest BCUT2D eigenvalue weighted by Gasteiger charge is -2.25. The van der Waals surface area contributed by atoms with E-state index in [0.29, 0.717) is 12.5 Å². The maximum absolute atomic E-state index is 11.2. The Morgan fingerprint density at radius 3 is 3.29 bits per heavy atom. The van der Waals surface area contributed by atoms with Gasteiger partial charge < -0.3 is 16.0 Å². The van der Waals surface area contributed by atoms with Gasteiger partial charge >= 0.3 is 0 Å². The molecule has 3 aliphatic heterocycles. The molecule has 2 fully saturated rings. The molecule has 5 nitrogen and oxygen atoms in total. The first-order valence-electron chi connectivity index (χ1n) is 6.29. The Bertz CT molecular complexity index is 401. The van der Waals surface area contributed by atoms with Gasteiger partial charge in [-0.15, -0.1) is 0 Å². The van der Waals surface area contributed by atoms with Crippen LogP contribution in [-0.2, 0) is 4.79 Å². The van der Waals surface area contributed by atoms with E-state index in [1.807, 2.05) is 0 Å². The molecule has 1 amide bonds. The lowest BCUT2D eigenvalue weighted by atomic mass is 10.0. The predicted molar refractivity (Wildman–Crippen MR) is 65.7 cm³/mol. The topological polar surface area (TPSA) is 70.7 Å². The van der Waals surface area contributed by atoms with Gasteiger partial charge in [0.15, 0.2) is 0 Å². The van der Waals surface area contributed by atoms with Gasteiger partial charge in [0.2, 0.25) is 5.91 Å². The highest BCUT2D eigenvalue weighted by molar-refractivity contribution is 6.03. The van der Waals surface area contributed by atoms with Crippen molar-refractivity contribution < 1.29 is 4.79 Å². The van der Waals surface area contributed by atoms with Crippen LogP contribution in [0.5, 0.6) is 0 Å². The lowest BCUT2D eigenvalue weighted by Crippen LogP contribution is -2.39. The number of aliphatic imine (C=N–C) groups is 1. The van der Waals surface area contributed by atoms with Crippen LogP contribution in [-0.4, -0.2) is 48.4 Å². The monoisotopic (exact) mass is 234 g/mol. The van der Waals surface area contributed by atoms with Crippen molar-refractivity contribution in [2.75, 3.05) is 19.6 Å². The summed E-state index contributed by atoms with van der Waals surface area (Å²) in [4.78, 5) is 18.1. The molecule has 2 atom stereocenters. The number of primary amides is 1. The Balaban J connectivity index is 1.88. The Morgan fingerprint density at radius 2 is 2.47 bits per heavy atom. The number of nitrogens with two attached hydrogens (primary N) is 1. The number of amidine groups is 1. The molecule has 0 aromatic carbocycles. The minimum Gasteiger partial charge on any atom is -0.368 e. The third kappa shape index (κ3) is 1.84. The van der Waals surface area contributed by atoms with E-state index in [0.717, 1.165) is 38.3 Å². The molecule has 0 bridgehead atoms. The Morgan fingerprint density at radius 1 is 1.59 bits per heavy atom. The van der Waals surface area contributed by atoms with Crippen molar-refractivity contribution in [1.82, 2.24) is 10.2 Å². The molecule has 5 heteroatoms. The smallest absolute Gasteiger partial charge is 0.242 e. The average molecular weight is 234 g/mol. The average Bonchev–Trinajstić information content (AvgIpc) is 2.51. The Kier molecular flexibility index (Phi) is 2.63. The van der Waals surface area contributed by atoms with Gasteiger partial charge in [-0.2, -0.15) is 0 Å². The third-order valence-electron chi connectivity index (χ3n) is 3.78. The summed E-state index contributed by atoms with van der Waals surface area (Å²) in [6.45, 7) is 3.11. The van der Waals surface area contributed by atoms with Crippen LogP contribution in [0.15, 0.2) is 16.6 Å². The molecule has 0 radical (unpaired) electrons. The zero-order valence-corrected chi connectivity index (χ0v) is 9.85. The molecule has 0 aromatic rings. The van der Waals surface area contributed by atoms with E-state index >= 15 is 0 Å². The number of nitrogens with one attached hydrogen (secondary N) is 1. The van der Waals surface area contributed by atoms with Crippen LogP contribution in [0.1, 0.15) is 19.3 Å². The number of fused-ring (bicyclic) bond motifs is 3. The highest BCUT2D eigenvalue weighted by atomic mass is 16.1. The SMILES string of the molecule is NC(=O)C1CC=C2CC3CNCCCN3C2=N1. The third-order valence-corrected chi connectivity index (χ3v) is 3.78. The van der Waals surface area contributed by atoms with Crippen LogP contribution in [0.3, 0.4) is 0 Å². The molecule has 3 heterocycles. The summed E-state index contributed by atoms with van der Waals surface area (Å²) in [6.07, 6.45) is 5.00. The number of hydrogen-bond acceptors (Lipinski definition) is 4. The van der Waals surface area contributed by atoms with Crippen molar-refractivity contribution in [3.63, 3.8) is 0 Å².